The lowest BCUT2D eigenvalue weighted by molar-refractivity contribution is -0.119. The summed E-state index contributed by atoms with van der Waals surface area (Å²) in [6.45, 7) is 1.69. The fourth-order valence-electron chi connectivity index (χ4n) is 4.18. The van der Waals surface area contributed by atoms with Gasteiger partial charge < -0.3 is 10.2 Å². The van der Waals surface area contributed by atoms with E-state index in [2.05, 4.69) is 5.32 Å². The molecule has 1 aliphatic carbocycles. The molecule has 2 aromatic rings. The van der Waals surface area contributed by atoms with Crippen LogP contribution in [-0.2, 0) is 11.3 Å². The molecule has 2 aliphatic rings. The Kier molecular flexibility index (Phi) is 5.79. The van der Waals surface area contributed by atoms with E-state index in [0.29, 0.717) is 19.6 Å². The van der Waals surface area contributed by atoms with E-state index in [0.717, 1.165) is 49.0 Å². The predicted molar refractivity (Wildman–Crippen MR) is 111 cm³/mol. The molecule has 2 aromatic carbocycles. The van der Waals surface area contributed by atoms with Crippen molar-refractivity contribution in [2.24, 2.45) is 5.92 Å². The minimum Gasteiger partial charge on any atom is -0.326 e. The number of hydrogen-bond acceptors (Lipinski definition) is 2. The van der Waals surface area contributed by atoms with Gasteiger partial charge in [0.05, 0.1) is 0 Å². The molecule has 0 atom stereocenters. The largest absolute Gasteiger partial charge is 0.326 e. The highest BCUT2D eigenvalue weighted by atomic mass is 19.1. The van der Waals surface area contributed by atoms with Crippen molar-refractivity contribution in [3.05, 3.63) is 59.9 Å². The molecule has 29 heavy (non-hydrogen) atoms. The van der Waals surface area contributed by atoms with Gasteiger partial charge in [-0.1, -0.05) is 25.0 Å². The van der Waals surface area contributed by atoms with Gasteiger partial charge in [0.1, 0.15) is 5.82 Å². The molecule has 0 radical (unpaired) electrons. The highest BCUT2D eigenvalue weighted by Gasteiger charge is 2.27. The Hall–Kier alpha value is -2.89. The van der Waals surface area contributed by atoms with E-state index in [4.69, 9.17) is 0 Å². The molecule has 1 N–H and O–H groups in total. The highest BCUT2D eigenvalue weighted by Crippen LogP contribution is 2.27. The van der Waals surface area contributed by atoms with Crippen molar-refractivity contribution in [3.63, 3.8) is 0 Å². The summed E-state index contributed by atoms with van der Waals surface area (Å²) >= 11 is 0. The van der Waals surface area contributed by atoms with E-state index in [1.807, 2.05) is 30.3 Å². The van der Waals surface area contributed by atoms with Crippen LogP contribution in [0.15, 0.2) is 48.5 Å². The molecule has 0 spiro atoms. The first kappa shape index (κ1) is 19.4. The van der Waals surface area contributed by atoms with Gasteiger partial charge in [-0.3, -0.25) is 9.69 Å². The van der Waals surface area contributed by atoms with Crippen LogP contribution in [0, 0.1) is 11.7 Å². The second kappa shape index (κ2) is 8.64. The van der Waals surface area contributed by atoms with E-state index in [-0.39, 0.29) is 23.7 Å². The van der Waals surface area contributed by atoms with E-state index in [9.17, 15) is 14.0 Å². The van der Waals surface area contributed by atoms with Gasteiger partial charge in [-0.15, -0.1) is 0 Å². The summed E-state index contributed by atoms with van der Waals surface area (Å²) in [6.07, 6.45) is 5.03. The van der Waals surface area contributed by atoms with Gasteiger partial charge in [0.15, 0.2) is 0 Å². The Bertz CT molecular complexity index is 878. The predicted octanol–water partition coefficient (Wildman–Crippen LogP) is 4.79. The zero-order valence-electron chi connectivity index (χ0n) is 16.4. The summed E-state index contributed by atoms with van der Waals surface area (Å²) in [4.78, 5) is 28.7. The average Bonchev–Trinajstić information content (AvgIpc) is 3.26. The lowest BCUT2D eigenvalue weighted by Gasteiger charge is -2.35. The molecule has 3 amide bonds. The third-order valence-electron chi connectivity index (χ3n) is 5.75. The number of anilines is 2. The van der Waals surface area contributed by atoms with Gasteiger partial charge in [0.25, 0.3) is 0 Å². The third kappa shape index (κ3) is 4.58. The van der Waals surface area contributed by atoms with Crippen molar-refractivity contribution in [2.45, 2.75) is 38.6 Å². The van der Waals surface area contributed by atoms with Gasteiger partial charge in [-0.05, 0) is 61.2 Å². The lowest BCUT2D eigenvalue weighted by Crippen LogP contribution is -2.49. The van der Waals surface area contributed by atoms with Crippen LogP contribution in [0.5, 0.6) is 0 Å². The second-order valence-corrected chi connectivity index (χ2v) is 7.86. The molecule has 5 nitrogen and oxygen atoms in total. The molecular weight excluding hydrogens is 369 g/mol. The molecule has 0 bridgehead atoms. The standard InChI is InChI=1S/C23H26FN3O2/c24-19-8-3-5-17(15-19)16-26-13-4-14-27(23(26)29)21-11-9-20(10-12-21)25-22(28)18-6-1-2-7-18/h3,5,8-12,15,18H,1-2,4,6-7,13-14,16H2,(H,25,28). The molecule has 4 rings (SSSR count). The maximum absolute atomic E-state index is 13.4. The zero-order valence-corrected chi connectivity index (χ0v) is 16.4. The molecule has 2 fully saturated rings. The molecule has 0 unspecified atom stereocenters. The fourth-order valence-corrected chi connectivity index (χ4v) is 4.18. The first-order valence-electron chi connectivity index (χ1n) is 10.3. The van der Waals surface area contributed by atoms with Gasteiger partial charge >= 0.3 is 6.03 Å². The van der Waals surface area contributed by atoms with Crippen LogP contribution in [0.2, 0.25) is 0 Å². The Morgan fingerprint density at radius 2 is 1.79 bits per heavy atom. The van der Waals surface area contributed by atoms with E-state index in [1.54, 1.807) is 15.9 Å². The van der Waals surface area contributed by atoms with Gasteiger partial charge in [0, 0.05) is 36.9 Å². The molecule has 1 heterocycles. The summed E-state index contributed by atoms with van der Waals surface area (Å²) in [5.41, 5.74) is 2.34. The Balaban J connectivity index is 1.40. The Morgan fingerprint density at radius 3 is 2.52 bits per heavy atom. The number of carbonyl (C=O) groups excluding carboxylic acids is 2. The van der Waals surface area contributed by atoms with Crippen molar-refractivity contribution in [2.75, 3.05) is 23.3 Å². The molecule has 6 heteroatoms. The van der Waals surface area contributed by atoms with Gasteiger partial charge in [-0.2, -0.15) is 0 Å². The van der Waals surface area contributed by atoms with Crippen molar-refractivity contribution >= 4 is 23.3 Å². The van der Waals surface area contributed by atoms with Crippen LogP contribution in [0.1, 0.15) is 37.7 Å². The number of nitrogens with one attached hydrogen (secondary N) is 1. The quantitative estimate of drug-likeness (QED) is 0.792. The van der Waals surface area contributed by atoms with Crippen LogP contribution in [0.25, 0.3) is 0 Å². The number of nitrogens with zero attached hydrogens (tertiary/aromatic N) is 2. The number of benzene rings is 2. The third-order valence-corrected chi connectivity index (χ3v) is 5.75. The number of urea groups is 1. The number of hydrogen-bond donors (Lipinski definition) is 1. The first-order chi connectivity index (χ1) is 14.1. The number of rotatable bonds is 5. The minimum atomic E-state index is -0.293. The minimum absolute atomic E-state index is 0.0803. The summed E-state index contributed by atoms with van der Waals surface area (Å²) in [6, 6.07) is 13.7. The maximum Gasteiger partial charge on any atom is 0.324 e. The molecule has 1 aliphatic heterocycles. The van der Waals surface area contributed by atoms with Crippen LogP contribution in [-0.4, -0.2) is 29.9 Å². The fraction of sp³-hybridized carbons (Fsp3) is 0.391. The van der Waals surface area contributed by atoms with Crippen LogP contribution < -0.4 is 10.2 Å². The van der Waals surface area contributed by atoms with Crippen LogP contribution in [0.3, 0.4) is 0 Å². The monoisotopic (exact) mass is 395 g/mol. The zero-order chi connectivity index (χ0) is 20.2. The van der Waals surface area contributed by atoms with Crippen molar-refractivity contribution in [1.29, 1.82) is 0 Å². The lowest BCUT2D eigenvalue weighted by atomic mass is 10.1. The highest BCUT2D eigenvalue weighted by molar-refractivity contribution is 5.95. The SMILES string of the molecule is O=C(Nc1ccc(N2CCCN(Cc3cccc(F)c3)C2=O)cc1)C1CCCC1. The van der Waals surface area contributed by atoms with E-state index in [1.165, 1.54) is 12.1 Å². The summed E-state index contributed by atoms with van der Waals surface area (Å²) in [5, 5.41) is 2.98. The summed E-state index contributed by atoms with van der Waals surface area (Å²) in [5.74, 6) is -0.0839. The van der Waals surface area contributed by atoms with Crippen molar-refractivity contribution in [1.82, 2.24) is 4.90 Å². The van der Waals surface area contributed by atoms with Crippen molar-refractivity contribution < 1.29 is 14.0 Å². The maximum atomic E-state index is 13.4. The average molecular weight is 395 g/mol. The first-order valence-corrected chi connectivity index (χ1v) is 10.3. The van der Waals surface area contributed by atoms with Crippen LogP contribution in [0.4, 0.5) is 20.6 Å². The summed E-state index contributed by atoms with van der Waals surface area (Å²) in [7, 11) is 0. The topological polar surface area (TPSA) is 52.7 Å². The molecule has 152 valence electrons. The van der Waals surface area contributed by atoms with Gasteiger partial charge in [0.2, 0.25) is 5.91 Å². The molecule has 1 saturated heterocycles. The number of halogens is 1. The smallest absolute Gasteiger partial charge is 0.324 e. The van der Waals surface area contributed by atoms with E-state index < -0.39 is 0 Å². The molecule has 0 aromatic heterocycles. The number of amides is 3. The van der Waals surface area contributed by atoms with Gasteiger partial charge in [-0.25, -0.2) is 9.18 Å². The molecular formula is C23H26FN3O2. The normalized spacial score (nSPS) is 17.6. The number of carbonyl (C=O) groups is 2. The summed E-state index contributed by atoms with van der Waals surface area (Å²) < 4.78 is 13.4. The van der Waals surface area contributed by atoms with Crippen LogP contribution >= 0.6 is 0 Å². The molecule has 1 saturated carbocycles. The van der Waals surface area contributed by atoms with E-state index >= 15 is 0 Å². The Labute approximate surface area is 170 Å². The second-order valence-electron chi connectivity index (χ2n) is 7.86. The Morgan fingerprint density at radius 1 is 1.03 bits per heavy atom. The van der Waals surface area contributed by atoms with Crippen molar-refractivity contribution in [3.8, 4) is 0 Å².